The predicted octanol–water partition coefficient (Wildman–Crippen LogP) is 4.32. The van der Waals surface area contributed by atoms with Crippen LogP contribution in [0.15, 0.2) is 48.5 Å². The van der Waals surface area contributed by atoms with Gasteiger partial charge >= 0.3 is 0 Å². The summed E-state index contributed by atoms with van der Waals surface area (Å²) in [6.45, 7) is 0.817. The fraction of sp³-hybridized carbons (Fsp3) is 0.333. The van der Waals surface area contributed by atoms with Gasteiger partial charge in [-0.25, -0.2) is 0 Å². The molecule has 0 bridgehead atoms. The molecular weight excluding hydrogens is 230 g/mol. The molecule has 2 N–H and O–H groups in total. The highest BCUT2D eigenvalue weighted by Gasteiger charge is 2.26. The lowest BCUT2D eigenvalue weighted by atomic mass is 9.91. The number of fused-ring (bicyclic) bond motifs is 3. The smallest absolute Gasteiger partial charge is 0.0102 e. The van der Waals surface area contributed by atoms with Gasteiger partial charge in [-0.05, 0) is 41.6 Å². The third-order valence-electron chi connectivity index (χ3n) is 4.16. The summed E-state index contributed by atoms with van der Waals surface area (Å²) in [6, 6.07) is 17.7. The average molecular weight is 251 g/mol. The van der Waals surface area contributed by atoms with Gasteiger partial charge in [0, 0.05) is 5.92 Å². The number of rotatable bonds is 5. The van der Waals surface area contributed by atoms with Crippen LogP contribution in [0.1, 0.15) is 42.7 Å². The second-order valence-electron chi connectivity index (χ2n) is 5.37. The van der Waals surface area contributed by atoms with Crippen LogP contribution in [0.25, 0.3) is 11.1 Å². The van der Waals surface area contributed by atoms with Crippen molar-refractivity contribution < 1.29 is 0 Å². The van der Waals surface area contributed by atoms with Crippen molar-refractivity contribution in [3.8, 4) is 11.1 Å². The maximum atomic E-state index is 5.58. The summed E-state index contributed by atoms with van der Waals surface area (Å²) < 4.78 is 0. The van der Waals surface area contributed by atoms with Gasteiger partial charge in [0.2, 0.25) is 0 Å². The molecule has 1 aliphatic rings. The van der Waals surface area contributed by atoms with E-state index >= 15 is 0 Å². The van der Waals surface area contributed by atoms with E-state index in [1.54, 1.807) is 0 Å². The molecule has 1 aliphatic carbocycles. The summed E-state index contributed by atoms with van der Waals surface area (Å²) in [4.78, 5) is 0. The molecule has 2 aromatic rings. The van der Waals surface area contributed by atoms with Crippen molar-refractivity contribution >= 4 is 0 Å². The maximum absolute atomic E-state index is 5.58. The number of benzene rings is 2. The topological polar surface area (TPSA) is 26.0 Å². The van der Waals surface area contributed by atoms with Gasteiger partial charge in [0.05, 0.1) is 0 Å². The van der Waals surface area contributed by atoms with Gasteiger partial charge in [-0.1, -0.05) is 61.4 Å². The molecule has 0 aliphatic heterocycles. The van der Waals surface area contributed by atoms with E-state index in [9.17, 15) is 0 Å². The predicted molar refractivity (Wildman–Crippen MR) is 81.2 cm³/mol. The summed E-state index contributed by atoms with van der Waals surface area (Å²) >= 11 is 0. The normalized spacial score (nSPS) is 13.3. The molecular formula is C18H21N. The fourth-order valence-electron chi connectivity index (χ4n) is 3.24. The van der Waals surface area contributed by atoms with Crippen LogP contribution in [0.2, 0.25) is 0 Å². The Morgan fingerprint density at radius 2 is 1.32 bits per heavy atom. The minimum Gasteiger partial charge on any atom is -0.330 e. The average Bonchev–Trinajstić information content (AvgIpc) is 2.78. The highest BCUT2D eigenvalue weighted by atomic mass is 14.5. The van der Waals surface area contributed by atoms with Gasteiger partial charge in [0.1, 0.15) is 0 Å². The molecule has 1 heteroatoms. The standard InChI is InChI=1S/C18H21N/c19-13-7-1-2-8-14-15-9-3-5-11-17(15)18-12-6-4-10-16(14)18/h3-6,9-12,14H,1-2,7-8,13,19H2. The molecule has 2 aromatic carbocycles. The Morgan fingerprint density at radius 1 is 0.737 bits per heavy atom. The monoisotopic (exact) mass is 251 g/mol. The van der Waals surface area contributed by atoms with Gasteiger partial charge in [-0.2, -0.15) is 0 Å². The lowest BCUT2D eigenvalue weighted by Gasteiger charge is -2.13. The second kappa shape index (κ2) is 5.58. The van der Waals surface area contributed by atoms with Crippen LogP contribution in [0.5, 0.6) is 0 Å². The Labute approximate surface area is 115 Å². The van der Waals surface area contributed by atoms with E-state index in [0.717, 1.165) is 13.0 Å². The third kappa shape index (κ3) is 2.31. The molecule has 0 saturated carbocycles. The van der Waals surface area contributed by atoms with Gasteiger partial charge in [0.25, 0.3) is 0 Å². The van der Waals surface area contributed by atoms with E-state index in [1.807, 2.05) is 0 Å². The zero-order valence-electron chi connectivity index (χ0n) is 11.3. The van der Waals surface area contributed by atoms with Crippen LogP contribution in [0, 0.1) is 0 Å². The summed E-state index contributed by atoms with van der Waals surface area (Å²) in [5.41, 5.74) is 11.5. The van der Waals surface area contributed by atoms with Crippen molar-refractivity contribution in [3.63, 3.8) is 0 Å². The number of hydrogen-bond donors (Lipinski definition) is 1. The van der Waals surface area contributed by atoms with Crippen LogP contribution < -0.4 is 5.73 Å². The lowest BCUT2D eigenvalue weighted by Crippen LogP contribution is -2.00. The van der Waals surface area contributed by atoms with E-state index in [1.165, 1.54) is 41.5 Å². The zero-order valence-corrected chi connectivity index (χ0v) is 11.3. The van der Waals surface area contributed by atoms with E-state index in [2.05, 4.69) is 48.5 Å². The minimum atomic E-state index is 0.588. The van der Waals surface area contributed by atoms with Crippen LogP contribution in [0.3, 0.4) is 0 Å². The minimum absolute atomic E-state index is 0.588. The van der Waals surface area contributed by atoms with Gasteiger partial charge in [0.15, 0.2) is 0 Å². The molecule has 0 radical (unpaired) electrons. The number of nitrogens with two attached hydrogens (primary N) is 1. The molecule has 3 rings (SSSR count). The Balaban J connectivity index is 1.87. The van der Waals surface area contributed by atoms with Crippen molar-refractivity contribution in [1.29, 1.82) is 0 Å². The first-order valence-corrected chi connectivity index (χ1v) is 7.30. The fourth-order valence-corrected chi connectivity index (χ4v) is 3.24. The zero-order chi connectivity index (χ0) is 13.1. The molecule has 1 nitrogen and oxygen atoms in total. The SMILES string of the molecule is NCCCCCC1c2ccccc2-c2ccccc21. The van der Waals surface area contributed by atoms with E-state index in [-0.39, 0.29) is 0 Å². The Bertz CT molecular complexity index is 514. The van der Waals surface area contributed by atoms with E-state index in [0.29, 0.717) is 5.92 Å². The van der Waals surface area contributed by atoms with Crippen LogP contribution in [0.4, 0.5) is 0 Å². The van der Waals surface area contributed by atoms with Crippen LogP contribution in [-0.2, 0) is 0 Å². The summed E-state index contributed by atoms with van der Waals surface area (Å²) in [7, 11) is 0. The van der Waals surface area contributed by atoms with Crippen molar-refractivity contribution in [3.05, 3.63) is 59.7 Å². The third-order valence-corrected chi connectivity index (χ3v) is 4.16. The first-order valence-electron chi connectivity index (χ1n) is 7.30. The van der Waals surface area contributed by atoms with E-state index < -0.39 is 0 Å². The molecule has 0 fully saturated rings. The molecule has 0 amide bonds. The van der Waals surface area contributed by atoms with Crippen LogP contribution in [-0.4, -0.2) is 6.54 Å². The lowest BCUT2D eigenvalue weighted by molar-refractivity contribution is 0.612. The largest absolute Gasteiger partial charge is 0.330 e. The van der Waals surface area contributed by atoms with Gasteiger partial charge in [-0.3, -0.25) is 0 Å². The summed E-state index contributed by atoms with van der Waals surface area (Å²) in [5, 5.41) is 0. The highest BCUT2D eigenvalue weighted by Crippen LogP contribution is 2.46. The van der Waals surface area contributed by atoms with Crippen molar-refractivity contribution in [2.45, 2.75) is 31.6 Å². The second-order valence-corrected chi connectivity index (χ2v) is 5.37. The van der Waals surface area contributed by atoms with E-state index in [4.69, 9.17) is 5.73 Å². The highest BCUT2D eigenvalue weighted by molar-refractivity contribution is 5.78. The maximum Gasteiger partial charge on any atom is 0.0102 e. The molecule has 19 heavy (non-hydrogen) atoms. The molecule has 0 saturated heterocycles. The Morgan fingerprint density at radius 3 is 1.89 bits per heavy atom. The van der Waals surface area contributed by atoms with Gasteiger partial charge < -0.3 is 5.73 Å². The molecule has 98 valence electrons. The molecule has 0 spiro atoms. The van der Waals surface area contributed by atoms with Crippen LogP contribution >= 0.6 is 0 Å². The number of hydrogen-bond acceptors (Lipinski definition) is 1. The van der Waals surface area contributed by atoms with Crippen molar-refractivity contribution in [2.75, 3.05) is 6.54 Å². The summed E-state index contributed by atoms with van der Waals surface area (Å²) in [6.07, 6.45) is 4.91. The molecule has 0 heterocycles. The van der Waals surface area contributed by atoms with Gasteiger partial charge in [-0.15, -0.1) is 0 Å². The first-order chi connectivity index (χ1) is 9.42. The summed E-state index contributed by atoms with van der Waals surface area (Å²) in [5.74, 6) is 0.588. The van der Waals surface area contributed by atoms with Crippen molar-refractivity contribution in [1.82, 2.24) is 0 Å². The Kier molecular flexibility index (Phi) is 3.65. The Hall–Kier alpha value is -1.60. The van der Waals surface area contributed by atoms with Crippen molar-refractivity contribution in [2.24, 2.45) is 5.73 Å². The quantitative estimate of drug-likeness (QED) is 0.787. The molecule has 0 aromatic heterocycles. The first kappa shape index (κ1) is 12.4. The molecule has 0 unspecified atom stereocenters. The number of unbranched alkanes of at least 4 members (excludes halogenated alkanes) is 2. The molecule has 0 atom stereocenters.